The summed E-state index contributed by atoms with van der Waals surface area (Å²) < 4.78 is 5.38. The number of nitrogens with one attached hydrogen (secondary N) is 1. The Morgan fingerprint density at radius 3 is 2.11 bits per heavy atom. The summed E-state index contributed by atoms with van der Waals surface area (Å²) in [5.74, 6) is 6.82. The molecule has 0 bridgehead atoms. The molecule has 2 aromatic rings. The molecule has 2 atom stereocenters. The van der Waals surface area contributed by atoms with Gasteiger partial charge in [0.2, 0.25) is 0 Å². The van der Waals surface area contributed by atoms with E-state index in [1.54, 1.807) is 26.8 Å². The first-order valence-electron chi connectivity index (χ1n) is 12.6. The Balaban J connectivity index is 0.00000101. The van der Waals surface area contributed by atoms with Crippen LogP contribution in [0.3, 0.4) is 0 Å². The monoisotopic (exact) mass is 626 g/mol. The van der Waals surface area contributed by atoms with Gasteiger partial charge in [0.1, 0.15) is 11.1 Å². The zero-order valence-electron chi connectivity index (χ0n) is 23.0. The van der Waals surface area contributed by atoms with Gasteiger partial charge in [-0.2, -0.15) is 0 Å². The second-order valence-corrected chi connectivity index (χ2v) is 9.66. The molecule has 1 aliphatic heterocycles. The van der Waals surface area contributed by atoms with Crippen molar-refractivity contribution in [1.29, 1.82) is 0 Å². The average molecular weight is 627 g/mol. The maximum absolute atomic E-state index is 10.1. The summed E-state index contributed by atoms with van der Waals surface area (Å²) in [6.07, 6.45) is 7.17. The minimum atomic E-state index is -1.18. The fourth-order valence-electron chi connectivity index (χ4n) is 3.86. The SMILES string of the molecule is CC.CCC.COC1CC(c2ccc(-c3ccc(C#C[CH-]N4C=CNC4C(C)(O)S)cc3)cc2)C1.[Cs+]. The third-order valence-electron chi connectivity index (χ3n) is 5.78. The van der Waals surface area contributed by atoms with Crippen molar-refractivity contribution < 1.29 is 78.7 Å². The Hall–Kier alpha value is -0.468. The molecule has 0 spiro atoms. The predicted octanol–water partition coefficient (Wildman–Crippen LogP) is 3.55. The minimum Gasteiger partial charge on any atom is -0.402 e. The number of nitrogens with zero attached hydrogens (tertiary/aromatic N) is 1. The number of benzene rings is 2. The Morgan fingerprint density at radius 2 is 1.61 bits per heavy atom. The quantitative estimate of drug-likeness (QED) is 0.206. The maximum atomic E-state index is 10.1. The zero-order chi connectivity index (χ0) is 25.8. The Kier molecular flexibility index (Phi) is 16.0. The molecule has 0 saturated heterocycles. The summed E-state index contributed by atoms with van der Waals surface area (Å²) in [5.41, 5.74) is 4.72. The van der Waals surface area contributed by atoms with E-state index in [-0.39, 0.29) is 75.1 Å². The fraction of sp³-hybridized carbons (Fsp3) is 0.433. The molecule has 1 heterocycles. The first kappa shape index (κ1) is 33.6. The molecule has 6 heteroatoms. The summed E-state index contributed by atoms with van der Waals surface area (Å²) in [5, 5.41) is 13.1. The molecular weight excluding hydrogens is 585 g/mol. The van der Waals surface area contributed by atoms with E-state index in [2.05, 4.69) is 80.0 Å². The van der Waals surface area contributed by atoms with Crippen LogP contribution in [0.5, 0.6) is 0 Å². The second-order valence-electron chi connectivity index (χ2n) is 8.76. The molecule has 0 aromatic heterocycles. The largest absolute Gasteiger partial charge is 1.00 e. The molecule has 1 fully saturated rings. The summed E-state index contributed by atoms with van der Waals surface area (Å²) >= 11 is 4.22. The van der Waals surface area contributed by atoms with Gasteiger partial charge in [0.05, 0.1) is 6.10 Å². The van der Waals surface area contributed by atoms with Gasteiger partial charge in [-0.3, -0.25) is 11.8 Å². The number of hydrogen-bond donors (Lipinski definition) is 3. The third kappa shape index (κ3) is 10.0. The minimum absolute atomic E-state index is 0. The van der Waals surface area contributed by atoms with Crippen molar-refractivity contribution in [3.63, 3.8) is 0 Å². The van der Waals surface area contributed by atoms with Crippen LogP contribution in [0.2, 0.25) is 0 Å². The number of ether oxygens (including phenoxy) is 1. The normalized spacial score (nSPS) is 20.9. The van der Waals surface area contributed by atoms with E-state index in [9.17, 15) is 5.11 Å². The van der Waals surface area contributed by atoms with Crippen LogP contribution in [0, 0.1) is 18.4 Å². The number of aliphatic hydroxyl groups is 1. The molecule has 2 unspecified atom stereocenters. The molecule has 2 N–H and O–H groups in total. The summed E-state index contributed by atoms with van der Waals surface area (Å²) in [6.45, 7) is 11.6. The van der Waals surface area contributed by atoms with E-state index >= 15 is 0 Å². The van der Waals surface area contributed by atoms with Crippen LogP contribution in [-0.2, 0) is 4.74 Å². The number of hydrogen-bond acceptors (Lipinski definition) is 5. The third-order valence-corrected chi connectivity index (χ3v) is 6.02. The fourth-order valence-corrected chi connectivity index (χ4v) is 4.07. The van der Waals surface area contributed by atoms with Crippen molar-refractivity contribution in [3.05, 3.63) is 78.6 Å². The van der Waals surface area contributed by atoms with Gasteiger partial charge in [0.15, 0.2) is 0 Å². The molecule has 190 valence electrons. The zero-order valence-corrected chi connectivity index (χ0v) is 30.1. The van der Waals surface area contributed by atoms with E-state index < -0.39 is 4.93 Å². The van der Waals surface area contributed by atoms with Crippen molar-refractivity contribution in [2.75, 3.05) is 7.11 Å². The molecule has 0 radical (unpaired) electrons. The van der Waals surface area contributed by atoms with Crippen molar-refractivity contribution in [1.82, 2.24) is 10.2 Å². The van der Waals surface area contributed by atoms with E-state index in [0.29, 0.717) is 12.0 Å². The topological polar surface area (TPSA) is 44.7 Å². The molecule has 4 rings (SSSR count). The maximum Gasteiger partial charge on any atom is 1.00 e. The smallest absolute Gasteiger partial charge is 0.402 e. The van der Waals surface area contributed by atoms with Gasteiger partial charge in [0, 0.05) is 19.5 Å². The van der Waals surface area contributed by atoms with Gasteiger partial charge in [-0.15, -0.1) is 12.6 Å². The number of rotatable bonds is 5. The van der Waals surface area contributed by atoms with Gasteiger partial charge in [-0.1, -0.05) is 94.8 Å². The van der Waals surface area contributed by atoms with Gasteiger partial charge in [0.25, 0.3) is 0 Å². The van der Waals surface area contributed by atoms with Crippen molar-refractivity contribution in [3.8, 4) is 23.0 Å². The van der Waals surface area contributed by atoms with E-state index in [1.807, 2.05) is 37.1 Å². The van der Waals surface area contributed by atoms with Crippen molar-refractivity contribution in [2.24, 2.45) is 0 Å². The van der Waals surface area contributed by atoms with Crippen molar-refractivity contribution >= 4 is 12.6 Å². The van der Waals surface area contributed by atoms with Crippen LogP contribution in [0.1, 0.15) is 70.9 Å². The van der Waals surface area contributed by atoms with Gasteiger partial charge in [-0.25, -0.2) is 0 Å². The van der Waals surface area contributed by atoms with Gasteiger partial charge < -0.3 is 20.1 Å². The first-order chi connectivity index (χ1) is 16.9. The van der Waals surface area contributed by atoms with E-state index in [0.717, 1.165) is 18.4 Å². The van der Waals surface area contributed by atoms with Gasteiger partial charge >= 0.3 is 68.9 Å². The molecule has 1 saturated carbocycles. The number of thiol groups is 1. The summed E-state index contributed by atoms with van der Waals surface area (Å²) in [4.78, 5) is 0.635. The predicted molar refractivity (Wildman–Crippen MR) is 151 cm³/mol. The molecule has 4 nitrogen and oxygen atoms in total. The molecular formula is C30H41CsN2O2S. The van der Waals surface area contributed by atoms with Crippen LogP contribution < -0.4 is 74.2 Å². The molecule has 0 amide bonds. The first-order valence-corrected chi connectivity index (χ1v) is 13.0. The second kappa shape index (κ2) is 17.2. The summed E-state index contributed by atoms with van der Waals surface area (Å²) in [6, 6.07) is 17.1. The molecule has 2 aliphatic rings. The Bertz CT molecular complexity index is 969. The molecule has 36 heavy (non-hydrogen) atoms. The van der Waals surface area contributed by atoms with Crippen LogP contribution in [0.4, 0.5) is 0 Å². The van der Waals surface area contributed by atoms with Crippen LogP contribution >= 0.6 is 12.6 Å². The molecule has 2 aromatic carbocycles. The average Bonchev–Trinajstić information content (AvgIpc) is 3.31. The molecule has 1 aliphatic carbocycles. The Morgan fingerprint density at radius 1 is 1.08 bits per heavy atom. The van der Waals surface area contributed by atoms with Gasteiger partial charge in [-0.05, 0) is 42.4 Å². The Labute approximate surface area is 283 Å². The standard InChI is InChI=1S/C25H27N2O2S.C3H8.C2H6.Cs/c1-25(28,30)24-26-13-15-27(24)14-3-4-18-5-7-19(8-6-18)20-9-11-21(12-10-20)22-16-23(17-22)29-2;1-3-2;1-2;/h5-15,22-24,26,28,30H,16-17H2,1-2H3;3H2,1-2H3;1-2H3;/q-1;;;+1. The van der Waals surface area contributed by atoms with E-state index in [4.69, 9.17) is 4.74 Å². The van der Waals surface area contributed by atoms with Crippen LogP contribution in [0.25, 0.3) is 11.1 Å². The van der Waals surface area contributed by atoms with E-state index in [1.165, 1.54) is 23.1 Å². The number of methoxy groups -OCH3 is 1. The van der Waals surface area contributed by atoms with Crippen molar-refractivity contribution in [2.45, 2.75) is 77.0 Å². The van der Waals surface area contributed by atoms with Crippen LogP contribution in [0.15, 0.2) is 60.9 Å². The summed E-state index contributed by atoms with van der Waals surface area (Å²) in [7, 11) is 1.79. The van der Waals surface area contributed by atoms with Crippen LogP contribution in [-0.4, -0.2) is 34.3 Å².